The first-order chi connectivity index (χ1) is 46.2. The summed E-state index contributed by atoms with van der Waals surface area (Å²) in [5, 5.41) is 0. The maximum atomic E-state index is 10.9. The molecule has 15 nitrogen and oxygen atoms in total. The molecular formula is C86H129N14O+. The van der Waals surface area contributed by atoms with Crippen LogP contribution < -0.4 is 15.9 Å². The molecule has 9 aromatic heterocycles. The van der Waals surface area contributed by atoms with E-state index >= 15 is 0 Å². The lowest BCUT2D eigenvalue weighted by molar-refractivity contribution is -0.750. The largest absolute Gasteiger partial charge is 0.384 e. The average Bonchev–Trinajstić information content (AvgIpc) is 1.38. The quantitative estimate of drug-likeness (QED) is 0.139. The fraction of sp³-hybridized carbons (Fsp3) is 0.488. The summed E-state index contributed by atoms with van der Waals surface area (Å²) < 4.78 is 2.12. The molecule has 0 fully saturated rings. The summed E-state index contributed by atoms with van der Waals surface area (Å²) in [5.74, 6) is 1.49. The van der Waals surface area contributed by atoms with E-state index in [0.717, 1.165) is 40.7 Å². The van der Waals surface area contributed by atoms with Gasteiger partial charge in [-0.3, -0.25) is 29.7 Å². The Balaban J connectivity index is 0.000000390. The third-order valence-electron chi connectivity index (χ3n) is 15.8. The number of hydrogen-bond donors (Lipinski definition) is 3. The molecule has 10 heterocycles. The van der Waals surface area contributed by atoms with Gasteiger partial charge < -0.3 is 15.7 Å². The van der Waals surface area contributed by atoms with Crippen molar-refractivity contribution >= 4 is 12.0 Å². The zero-order valence-electron chi connectivity index (χ0n) is 67.9. The van der Waals surface area contributed by atoms with Gasteiger partial charge in [0.1, 0.15) is 17.2 Å². The maximum absolute atomic E-state index is 10.9. The van der Waals surface area contributed by atoms with Crippen LogP contribution in [-0.2, 0) is 48.9 Å². The van der Waals surface area contributed by atoms with Crippen LogP contribution in [0.4, 0.5) is 5.82 Å². The second-order valence-corrected chi connectivity index (χ2v) is 35.1. The van der Waals surface area contributed by atoms with Gasteiger partial charge in [0.15, 0.2) is 5.69 Å². The van der Waals surface area contributed by atoms with Crippen molar-refractivity contribution in [2.75, 3.05) is 12.3 Å². The SMILES string of the molecule is CC(C)(C)C1=CCN=C1.CC(C)(C)c1cc[n+](C(C)(C)c2cccnc2)cn1.CC(C)(C)c1cc[nH]c(=O)c1.CC(C)(C)c1ccccn1.CC(C)(C)c1ccnc(N)c1.CC(C)(C)c1cnc[nH]1.CC(C)(C)c1ncccn1.Cc1ccc(C(C)(C)C)cn1.Cc1ccc(C(C)(C)C)cn1. The monoisotopic (exact) mass is 1370 g/mol. The average molecular weight is 1380 g/mol. The fourth-order valence-electron chi connectivity index (χ4n) is 8.67. The Labute approximate surface area is 610 Å². The van der Waals surface area contributed by atoms with Gasteiger partial charge in [-0.2, -0.15) is 0 Å². The van der Waals surface area contributed by atoms with Crippen molar-refractivity contribution in [3.05, 3.63) is 256 Å². The number of aromatic amines is 2. The van der Waals surface area contributed by atoms with Gasteiger partial charge in [-0.15, -0.1) is 0 Å². The van der Waals surface area contributed by atoms with Crippen LogP contribution in [-0.4, -0.2) is 67.6 Å². The van der Waals surface area contributed by atoms with E-state index in [-0.39, 0.29) is 54.4 Å². The number of rotatable bonds is 2. The fourth-order valence-corrected chi connectivity index (χ4v) is 8.67. The smallest absolute Gasteiger partial charge is 0.287 e. The zero-order valence-corrected chi connectivity index (χ0v) is 67.9. The topological polar surface area (TPSA) is 207 Å². The maximum Gasteiger partial charge on any atom is 0.287 e. The van der Waals surface area contributed by atoms with Crippen LogP contribution in [0.25, 0.3) is 0 Å². The van der Waals surface area contributed by atoms with Crippen LogP contribution in [0.2, 0.25) is 0 Å². The van der Waals surface area contributed by atoms with Crippen LogP contribution in [0.3, 0.4) is 0 Å². The van der Waals surface area contributed by atoms with Gasteiger partial charge in [0.2, 0.25) is 5.56 Å². The highest BCUT2D eigenvalue weighted by molar-refractivity contribution is 5.82. The number of aliphatic imine (C=N–C) groups is 1. The molecule has 1 aliphatic heterocycles. The molecule has 0 aromatic carbocycles. The number of anilines is 1. The highest BCUT2D eigenvalue weighted by Crippen LogP contribution is 2.28. The van der Waals surface area contributed by atoms with Crippen LogP contribution in [0.1, 0.15) is 263 Å². The second-order valence-electron chi connectivity index (χ2n) is 35.1. The second kappa shape index (κ2) is 38.4. The number of nitrogens with zero attached hydrogens (tertiary/aromatic N) is 11. The van der Waals surface area contributed by atoms with E-state index in [9.17, 15) is 4.79 Å². The van der Waals surface area contributed by atoms with E-state index in [4.69, 9.17) is 5.73 Å². The Kier molecular flexibility index (Phi) is 33.6. The molecule has 0 bridgehead atoms. The number of nitrogen functional groups attached to an aromatic ring is 1. The molecule has 0 saturated heterocycles. The highest BCUT2D eigenvalue weighted by atomic mass is 16.1. The van der Waals surface area contributed by atoms with Crippen molar-refractivity contribution in [1.82, 2.24) is 54.8 Å². The number of nitrogens with two attached hydrogens (primary N) is 1. The Morgan fingerprint density at radius 2 is 0.931 bits per heavy atom. The number of nitrogens with one attached hydrogen (secondary N) is 2. The number of aryl methyl sites for hydroxylation is 2. The van der Waals surface area contributed by atoms with Gasteiger partial charge in [0.25, 0.3) is 6.33 Å². The predicted molar refractivity (Wildman–Crippen MR) is 426 cm³/mol. The molecule has 0 saturated carbocycles. The van der Waals surface area contributed by atoms with Crippen molar-refractivity contribution in [1.29, 1.82) is 0 Å². The number of H-pyrrole nitrogens is 2. The molecule has 0 aliphatic carbocycles. The Morgan fingerprint density at radius 3 is 1.24 bits per heavy atom. The molecule has 0 radical (unpaired) electrons. The molecule has 0 atom stereocenters. The minimum Gasteiger partial charge on any atom is -0.384 e. The van der Waals surface area contributed by atoms with Crippen molar-refractivity contribution in [2.24, 2.45) is 10.4 Å². The minimum atomic E-state index is -0.155. The third-order valence-corrected chi connectivity index (χ3v) is 15.8. The first-order valence-electron chi connectivity index (χ1n) is 35.2. The molecule has 9 aromatic rings. The summed E-state index contributed by atoms with van der Waals surface area (Å²) in [6.07, 6.45) is 28.1. The molecule has 4 N–H and O–H groups in total. The Hall–Kier alpha value is -8.72. The summed E-state index contributed by atoms with van der Waals surface area (Å²) in [7, 11) is 0. The van der Waals surface area contributed by atoms with E-state index < -0.39 is 0 Å². The molecule has 0 unspecified atom stereocenters. The number of imidazole rings is 1. The van der Waals surface area contributed by atoms with Crippen molar-refractivity contribution < 1.29 is 4.57 Å². The van der Waals surface area contributed by atoms with Gasteiger partial charge >= 0.3 is 0 Å². The highest BCUT2D eigenvalue weighted by Gasteiger charge is 2.30. The first-order valence-corrected chi connectivity index (χ1v) is 35.2. The summed E-state index contributed by atoms with van der Waals surface area (Å²) in [6, 6.07) is 29.9. The van der Waals surface area contributed by atoms with Gasteiger partial charge in [0, 0.05) is 130 Å². The normalized spacial score (nSPS) is 12.4. The van der Waals surface area contributed by atoms with E-state index in [1.807, 2.05) is 99.8 Å². The number of aromatic nitrogens is 12. The lowest BCUT2D eigenvalue weighted by atomic mass is 9.88. The number of pyridine rings is 6. The van der Waals surface area contributed by atoms with Crippen molar-refractivity contribution in [3.63, 3.8) is 0 Å². The molecule has 548 valence electrons. The third kappa shape index (κ3) is 34.5. The van der Waals surface area contributed by atoms with Crippen LogP contribution >= 0.6 is 0 Å². The molecule has 101 heavy (non-hydrogen) atoms. The van der Waals surface area contributed by atoms with E-state index in [1.54, 1.807) is 43.4 Å². The van der Waals surface area contributed by atoms with Crippen LogP contribution in [0, 0.1) is 19.3 Å². The van der Waals surface area contributed by atoms with E-state index in [0.29, 0.717) is 11.2 Å². The summed E-state index contributed by atoms with van der Waals surface area (Å²) >= 11 is 0. The molecule has 15 heteroatoms. The van der Waals surface area contributed by atoms with Crippen molar-refractivity contribution in [2.45, 2.75) is 263 Å². The Bertz CT molecular complexity index is 3770. The summed E-state index contributed by atoms with van der Waals surface area (Å²) in [4.78, 5) is 58.3. The van der Waals surface area contributed by atoms with Gasteiger partial charge in [-0.05, 0) is 137 Å². The number of allylic oxidation sites excluding steroid dienone is 1. The lowest BCUT2D eigenvalue weighted by Gasteiger charge is -2.23. The van der Waals surface area contributed by atoms with E-state index in [1.165, 1.54) is 33.5 Å². The minimum absolute atomic E-state index is 0.0302. The van der Waals surface area contributed by atoms with Gasteiger partial charge in [-0.1, -0.05) is 222 Å². The van der Waals surface area contributed by atoms with Gasteiger partial charge in [0.05, 0.1) is 19.1 Å². The molecule has 1 aliphatic rings. The zero-order chi connectivity index (χ0) is 77.1. The van der Waals surface area contributed by atoms with Crippen LogP contribution in [0.5, 0.6) is 0 Å². The predicted octanol–water partition coefficient (Wildman–Crippen LogP) is 19.8. The summed E-state index contributed by atoms with van der Waals surface area (Å²) in [5.41, 5.74) is 19.9. The van der Waals surface area contributed by atoms with E-state index in [2.05, 4.69) is 320 Å². The first kappa shape index (κ1) is 88.4. The lowest BCUT2D eigenvalue weighted by Crippen LogP contribution is -2.53. The van der Waals surface area contributed by atoms with Crippen LogP contribution in [0.15, 0.2) is 193 Å². The molecule has 0 spiro atoms. The van der Waals surface area contributed by atoms with Crippen molar-refractivity contribution in [3.8, 4) is 0 Å². The molecule has 10 rings (SSSR count). The molecular weight excluding hydrogens is 1250 g/mol. The summed E-state index contributed by atoms with van der Waals surface area (Å²) in [6.45, 7) is 67.5. The molecule has 0 amide bonds. The van der Waals surface area contributed by atoms with Gasteiger partial charge in [-0.25, -0.2) is 24.5 Å². The Morgan fingerprint density at radius 1 is 0.406 bits per heavy atom. The standard InChI is InChI=1S/C16H22N3.2C10H15N.C9H14N2.C9H13NO.C9H13N.C8H12N2.C8H13N.C7H12N2/c1-15(2,3)14-8-10-19(12-18-14)16(4,5)13-7-6-9-17-11-13;2*1-8-5-6-9(7-11-8)10(2,3)4;1-9(2,3)7-4-5-11-8(10)6-7;1-9(2,3)7-4-5-10-8(11)6-7;1-9(2,3)8-6-4-5-7-10-8;1-8(2,3)7-9-5-4-6-10-7;1-8(2,3)7-4-5-9-6-7;1-7(2,3)6-4-8-5-9-6/h6-12H,1-5H3;2*5-7H,1-4H3;4-6H,1-3H3,(H2,10,11);4-6H,1-3H3,(H,10,11);4-7H,1-3H3;4-6H,1-3H3;4,6H,5H2,1-3H3;4-5H,1-3H3,(H,8,9)/q+1;;;;;;;;. The number of hydrogen-bond acceptors (Lipinski definition) is 12.